The third kappa shape index (κ3) is 4.00. The minimum absolute atomic E-state index is 0.193. The maximum atomic E-state index is 12.7. The number of carbonyl (C=O) groups is 2. The molecule has 0 aliphatic rings. The number of hydrogen-bond acceptors (Lipinski definition) is 7. The zero-order chi connectivity index (χ0) is 18.5. The number of ether oxygens (including phenoxy) is 1. The van der Waals surface area contributed by atoms with Gasteiger partial charge in [0.25, 0.3) is 5.91 Å². The SMILES string of the molecule is CCCc1nc(-n2cccc2)sc1C(=O)Nc1nc(C(=O)OCC)cs1. The van der Waals surface area contributed by atoms with Crippen LogP contribution in [-0.4, -0.2) is 33.0 Å². The molecule has 0 aliphatic heterocycles. The van der Waals surface area contributed by atoms with Crippen molar-refractivity contribution in [1.29, 1.82) is 0 Å². The van der Waals surface area contributed by atoms with Crippen LogP contribution >= 0.6 is 22.7 Å². The number of nitrogens with zero attached hydrogens (tertiary/aromatic N) is 3. The second kappa shape index (κ2) is 8.24. The van der Waals surface area contributed by atoms with E-state index in [1.165, 1.54) is 22.7 Å². The number of esters is 1. The highest BCUT2D eigenvalue weighted by atomic mass is 32.1. The van der Waals surface area contributed by atoms with Gasteiger partial charge in [-0.15, -0.1) is 11.3 Å². The summed E-state index contributed by atoms with van der Waals surface area (Å²) in [4.78, 5) is 33.7. The van der Waals surface area contributed by atoms with Crippen molar-refractivity contribution in [3.05, 3.63) is 46.2 Å². The van der Waals surface area contributed by atoms with Crippen LogP contribution in [-0.2, 0) is 11.2 Å². The molecule has 0 fully saturated rings. The lowest BCUT2D eigenvalue weighted by Crippen LogP contribution is -2.13. The number of nitrogens with one attached hydrogen (secondary N) is 1. The third-order valence-corrected chi connectivity index (χ3v) is 5.28. The molecule has 3 aromatic heterocycles. The molecule has 1 amide bonds. The van der Waals surface area contributed by atoms with E-state index >= 15 is 0 Å². The molecule has 0 atom stereocenters. The number of rotatable bonds is 7. The van der Waals surface area contributed by atoms with Crippen LogP contribution in [0.25, 0.3) is 5.13 Å². The van der Waals surface area contributed by atoms with Crippen LogP contribution < -0.4 is 5.32 Å². The van der Waals surface area contributed by atoms with Gasteiger partial charge in [-0.1, -0.05) is 24.7 Å². The van der Waals surface area contributed by atoms with Crippen molar-refractivity contribution in [2.45, 2.75) is 26.7 Å². The van der Waals surface area contributed by atoms with Crippen LogP contribution in [0, 0.1) is 0 Å². The topological polar surface area (TPSA) is 86.1 Å². The minimum atomic E-state index is -0.497. The van der Waals surface area contributed by atoms with Gasteiger partial charge in [-0.3, -0.25) is 10.1 Å². The van der Waals surface area contributed by atoms with E-state index in [2.05, 4.69) is 15.3 Å². The fourth-order valence-corrected chi connectivity index (χ4v) is 3.93. The molecule has 0 aromatic carbocycles. The maximum absolute atomic E-state index is 12.7. The summed E-state index contributed by atoms with van der Waals surface area (Å²) < 4.78 is 6.79. The first-order chi connectivity index (χ1) is 12.6. The second-order valence-corrected chi connectivity index (χ2v) is 7.16. The molecular weight excluding hydrogens is 372 g/mol. The number of aryl methyl sites for hydroxylation is 1. The summed E-state index contributed by atoms with van der Waals surface area (Å²) in [5, 5.41) is 5.43. The van der Waals surface area contributed by atoms with E-state index in [-0.39, 0.29) is 18.2 Å². The third-order valence-electron chi connectivity index (χ3n) is 3.41. The quantitative estimate of drug-likeness (QED) is 0.621. The first-order valence-corrected chi connectivity index (χ1v) is 9.89. The van der Waals surface area contributed by atoms with Crippen molar-refractivity contribution in [1.82, 2.24) is 14.5 Å². The monoisotopic (exact) mass is 390 g/mol. The van der Waals surface area contributed by atoms with Crippen LogP contribution in [0.15, 0.2) is 29.9 Å². The molecule has 0 unspecified atom stereocenters. The van der Waals surface area contributed by atoms with Gasteiger partial charge in [0.2, 0.25) is 0 Å². The van der Waals surface area contributed by atoms with Gasteiger partial charge < -0.3 is 9.30 Å². The Bertz CT molecular complexity index is 899. The molecule has 0 saturated heterocycles. The molecule has 3 rings (SSSR count). The Balaban J connectivity index is 1.80. The van der Waals surface area contributed by atoms with Crippen molar-refractivity contribution in [2.24, 2.45) is 0 Å². The first kappa shape index (κ1) is 18.3. The van der Waals surface area contributed by atoms with Gasteiger partial charge in [0.05, 0.1) is 12.3 Å². The summed E-state index contributed by atoms with van der Waals surface area (Å²) in [6.07, 6.45) is 5.39. The highest BCUT2D eigenvalue weighted by Gasteiger charge is 2.20. The molecular formula is C17H18N4O3S2. The van der Waals surface area contributed by atoms with Crippen LogP contribution in [0.5, 0.6) is 0 Å². The second-order valence-electron chi connectivity index (χ2n) is 5.33. The Morgan fingerprint density at radius 3 is 2.69 bits per heavy atom. The normalized spacial score (nSPS) is 10.7. The predicted octanol–water partition coefficient (Wildman–Crippen LogP) is 3.77. The van der Waals surface area contributed by atoms with Crippen molar-refractivity contribution in [3.8, 4) is 5.13 Å². The van der Waals surface area contributed by atoms with Gasteiger partial charge in [-0.2, -0.15) is 0 Å². The molecule has 0 bridgehead atoms. The van der Waals surface area contributed by atoms with Gasteiger partial charge in [-0.05, 0) is 25.5 Å². The maximum Gasteiger partial charge on any atom is 0.357 e. The first-order valence-electron chi connectivity index (χ1n) is 8.19. The molecule has 0 aliphatic carbocycles. The number of carbonyl (C=O) groups excluding carboxylic acids is 2. The largest absolute Gasteiger partial charge is 0.461 e. The van der Waals surface area contributed by atoms with E-state index in [4.69, 9.17) is 4.74 Å². The summed E-state index contributed by atoms with van der Waals surface area (Å²) in [6.45, 7) is 4.05. The van der Waals surface area contributed by atoms with Crippen LogP contribution in [0.2, 0.25) is 0 Å². The Morgan fingerprint density at radius 1 is 1.23 bits per heavy atom. The molecule has 0 spiro atoms. The van der Waals surface area contributed by atoms with Crippen molar-refractivity contribution in [2.75, 3.05) is 11.9 Å². The zero-order valence-corrected chi connectivity index (χ0v) is 16.0. The Morgan fingerprint density at radius 2 is 2.00 bits per heavy atom. The zero-order valence-electron chi connectivity index (χ0n) is 14.4. The number of hydrogen-bond donors (Lipinski definition) is 1. The van der Waals surface area contributed by atoms with E-state index < -0.39 is 5.97 Å². The molecule has 136 valence electrons. The summed E-state index contributed by atoms with van der Waals surface area (Å²) in [5.74, 6) is -0.766. The average Bonchev–Trinajstić information content (AvgIpc) is 3.35. The summed E-state index contributed by atoms with van der Waals surface area (Å²) in [7, 11) is 0. The number of amides is 1. The summed E-state index contributed by atoms with van der Waals surface area (Å²) in [5.41, 5.74) is 0.958. The summed E-state index contributed by atoms with van der Waals surface area (Å²) >= 11 is 2.52. The lowest BCUT2D eigenvalue weighted by Gasteiger charge is -2.01. The van der Waals surface area contributed by atoms with Gasteiger partial charge in [0.15, 0.2) is 16.0 Å². The molecule has 3 heterocycles. The van der Waals surface area contributed by atoms with Crippen LogP contribution in [0.1, 0.15) is 46.1 Å². The molecule has 7 nitrogen and oxygen atoms in total. The Labute approximate surface area is 158 Å². The highest BCUT2D eigenvalue weighted by Crippen LogP contribution is 2.25. The minimum Gasteiger partial charge on any atom is -0.461 e. The van der Waals surface area contributed by atoms with Gasteiger partial charge in [0.1, 0.15) is 4.88 Å². The molecule has 1 N–H and O–H groups in total. The van der Waals surface area contributed by atoms with E-state index in [1.807, 2.05) is 36.0 Å². The fraction of sp³-hybridized carbons (Fsp3) is 0.294. The van der Waals surface area contributed by atoms with Gasteiger partial charge >= 0.3 is 5.97 Å². The lowest BCUT2D eigenvalue weighted by atomic mass is 10.2. The lowest BCUT2D eigenvalue weighted by molar-refractivity contribution is 0.0520. The van der Waals surface area contributed by atoms with E-state index in [0.717, 1.165) is 17.2 Å². The fourth-order valence-electron chi connectivity index (χ4n) is 2.28. The highest BCUT2D eigenvalue weighted by molar-refractivity contribution is 7.16. The molecule has 3 aromatic rings. The van der Waals surface area contributed by atoms with Gasteiger partial charge in [0, 0.05) is 17.8 Å². The number of thiazole rings is 2. The Hall–Kier alpha value is -2.52. The van der Waals surface area contributed by atoms with E-state index in [1.54, 1.807) is 12.3 Å². The number of anilines is 1. The van der Waals surface area contributed by atoms with Crippen LogP contribution in [0.3, 0.4) is 0 Å². The predicted molar refractivity (Wildman–Crippen MR) is 101 cm³/mol. The smallest absolute Gasteiger partial charge is 0.357 e. The molecule has 26 heavy (non-hydrogen) atoms. The van der Waals surface area contributed by atoms with Crippen molar-refractivity contribution >= 4 is 39.7 Å². The molecule has 9 heteroatoms. The molecule has 0 saturated carbocycles. The summed E-state index contributed by atoms with van der Waals surface area (Å²) in [6, 6.07) is 3.82. The van der Waals surface area contributed by atoms with Crippen LogP contribution in [0.4, 0.5) is 5.13 Å². The van der Waals surface area contributed by atoms with Gasteiger partial charge in [-0.25, -0.2) is 14.8 Å². The standard InChI is InChI=1S/C17H18N4O3S2/c1-3-7-11-13(26-17(19-11)21-8-5-6-9-21)14(22)20-16-18-12(10-25-16)15(23)24-4-2/h5-6,8-10H,3-4,7H2,1-2H3,(H,18,20,22). The number of aromatic nitrogens is 3. The van der Waals surface area contributed by atoms with Crippen molar-refractivity contribution < 1.29 is 14.3 Å². The van der Waals surface area contributed by atoms with E-state index in [9.17, 15) is 9.59 Å². The molecule has 0 radical (unpaired) electrons. The average molecular weight is 390 g/mol. The van der Waals surface area contributed by atoms with E-state index in [0.29, 0.717) is 16.4 Å². The van der Waals surface area contributed by atoms with Crippen molar-refractivity contribution in [3.63, 3.8) is 0 Å². The Kier molecular flexibility index (Phi) is 5.79.